The third-order valence-electron chi connectivity index (χ3n) is 6.87. The number of benzene rings is 2. The first-order chi connectivity index (χ1) is 17.3. The molecule has 190 valence electrons. The molecule has 0 spiro atoms. The van der Waals surface area contributed by atoms with E-state index >= 15 is 0 Å². The average Bonchev–Trinajstić information content (AvgIpc) is 2.87. The number of carbonyl (C=O) groups is 1. The second-order valence-corrected chi connectivity index (χ2v) is 9.80. The molecule has 7 heteroatoms. The molecule has 3 atom stereocenters. The van der Waals surface area contributed by atoms with Crippen LogP contribution in [0.4, 0.5) is 4.39 Å². The molecular weight excluding hydrogens is 457 g/mol. The van der Waals surface area contributed by atoms with Gasteiger partial charge in [0.15, 0.2) is 0 Å². The van der Waals surface area contributed by atoms with Crippen LogP contribution in [0, 0.1) is 18.7 Å². The minimum Gasteiger partial charge on any atom is -0.472 e. The summed E-state index contributed by atoms with van der Waals surface area (Å²) < 4.78 is 20.6. The normalized spacial score (nSPS) is 18.9. The zero-order valence-electron chi connectivity index (χ0n) is 21.3. The number of aromatic nitrogens is 1. The van der Waals surface area contributed by atoms with Crippen molar-refractivity contribution in [1.82, 2.24) is 14.8 Å². The van der Waals surface area contributed by atoms with Crippen molar-refractivity contribution in [3.8, 4) is 17.0 Å². The number of hydrogen-bond donors (Lipinski definition) is 1. The Balaban J connectivity index is 1.67. The van der Waals surface area contributed by atoms with Gasteiger partial charge in [0.1, 0.15) is 17.5 Å². The number of carbonyl (C=O) groups excluding carboxylic acids is 1. The van der Waals surface area contributed by atoms with Crippen LogP contribution in [-0.4, -0.2) is 64.7 Å². The highest BCUT2D eigenvalue weighted by Crippen LogP contribution is 2.31. The van der Waals surface area contributed by atoms with Gasteiger partial charge in [-0.25, -0.2) is 9.37 Å². The Hall–Kier alpha value is -3.29. The molecule has 0 saturated carbocycles. The summed E-state index contributed by atoms with van der Waals surface area (Å²) in [4.78, 5) is 22.0. The number of pyridine rings is 1. The lowest BCUT2D eigenvalue weighted by molar-refractivity contribution is 0.0324. The number of amides is 1. The molecular formula is C29H34FN3O3. The number of likely N-dealkylation sites (N-methyl/N-ethyl adjacent to an activating group) is 1. The van der Waals surface area contributed by atoms with Crippen molar-refractivity contribution in [1.29, 1.82) is 0 Å². The summed E-state index contributed by atoms with van der Waals surface area (Å²) in [7, 11) is 1.93. The summed E-state index contributed by atoms with van der Waals surface area (Å²) in [6.07, 6.45) is 1.44. The molecule has 1 aromatic heterocycles. The van der Waals surface area contributed by atoms with Crippen molar-refractivity contribution in [2.75, 3.05) is 26.7 Å². The van der Waals surface area contributed by atoms with Crippen LogP contribution in [0.5, 0.6) is 5.88 Å². The highest BCUT2D eigenvalue weighted by molar-refractivity contribution is 5.98. The largest absolute Gasteiger partial charge is 0.472 e. The molecule has 0 fully saturated rings. The Morgan fingerprint density at radius 3 is 2.64 bits per heavy atom. The van der Waals surface area contributed by atoms with Gasteiger partial charge in [-0.15, -0.1) is 0 Å². The van der Waals surface area contributed by atoms with Gasteiger partial charge in [0.05, 0.1) is 12.6 Å². The summed E-state index contributed by atoms with van der Waals surface area (Å²) in [5.41, 5.74) is 3.91. The Bertz CT molecular complexity index is 1220. The molecule has 36 heavy (non-hydrogen) atoms. The third kappa shape index (κ3) is 5.58. The standard InChI is InChI=1S/C29H34FN3O3/c1-19-9-5-7-11-24(19)23-13-25-28(31-14-23)36-27(20(2)15-33(29(25)35)21(3)18-34)17-32(4)16-22-10-6-8-12-26(22)30/h5-14,20-21,27,34H,15-18H2,1-4H3/t20-,21+,27-/m0/s1. The van der Waals surface area contributed by atoms with E-state index in [9.17, 15) is 14.3 Å². The number of rotatable bonds is 7. The minimum absolute atomic E-state index is 0.0444. The van der Waals surface area contributed by atoms with E-state index in [1.165, 1.54) is 6.07 Å². The summed E-state index contributed by atoms with van der Waals surface area (Å²) in [5.74, 6) is -0.208. The van der Waals surface area contributed by atoms with Gasteiger partial charge in [0.2, 0.25) is 5.88 Å². The van der Waals surface area contributed by atoms with E-state index in [1.807, 2.05) is 69.1 Å². The Labute approximate surface area is 212 Å². The predicted octanol–water partition coefficient (Wildman–Crippen LogP) is 4.55. The zero-order valence-corrected chi connectivity index (χ0v) is 21.3. The third-order valence-corrected chi connectivity index (χ3v) is 6.87. The lowest BCUT2D eigenvalue weighted by Gasteiger charge is -2.37. The van der Waals surface area contributed by atoms with Gasteiger partial charge >= 0.3 is 0 Å². The summed E-state index contributed by atoms with van der Waals surface area (Å²) in [6, 6.07) is 16.2. The molecule has 0 unspecified atom stereocenters. The maximum absolute atomic E-state index is 14.2. The van der Waals surface area contributed by atoms with Gasteiger partial charge in [-0.2, -0.15) is 0 Å². The number of aryl methyl sites for hydroxylation is 1. The molecule has 1 aliphatic rings. The molecule has 0 saturated heterocycles. The van der Waals surface area contributed by atoms with E-state index in [1.54, 1.807) is 23.2 Å². The number of hydrogen-bond acceptors (Lipinski definition) is 5. The van der Waals surface area contributed by atoms with Crippen molar-refractivity contribution in [2.24, 2.45) is 5.92 Å². The van der Waals surface area contributed by atoms with Crippen LogP contribution in [0.1, 0.15) is 35.3 Å². The van der Waals surface area contributed by atoms with Crippen molar-refractivity contribution < 1.29 is 19.0 Å². The number of fused-ring (bicyclic) bond motifs is 1. The van der Waals surface area contributed by atoms with Crippen LogP contribution in [0.3, 0.4) is 0 Å². The van der Waals surface area contributed by atoms with Crippen LogP contribution >= 0.6 is 0 Å². The first-order valence-corrected chi connectivity index (χ1v) is 12.3. The number of aliphatic hydroxyl groups is 1. The fourth-order valence-corrected chi connectivity index (χ4v) is 4.65. The molecule has 1 aliphatic heterocycles. The maximum atomic E-state index is 14.2. The van der Waals surface area contributed by atoms with E-state index in [0.717, 1.165) is 16.7 Å². The van der Waals surface area contributed by atoms with E-state index in [-0.39, 0.29) is 42.3 Å². The summed E-state index contributed by atoms with van der Waals surface area (Å²) in [5, 5.41) is 9.89. The quantitative estimate of drug-likeness (QED) is 0.525. The highest BCUT2D eigenvalue weighted by atomic mass is 19.1. The summed E-state index contributed by atoms with van der Waals surface area (Å²) in [6.45, 7) is 7.12. The number of aliphatic hydroxyl groups excluding tert-OH is 1. The van der Waals surface area contributed by atoms with E-state index in [4.69, 9.17) is 4.74 Å². The maximum Gasteiger partial charge on any atom is 0.259 e. The SMILES string of the molecule is Cc1ccccc1-c1cnc2c(c1)C(=O)N([C@H](C)CO)C[C@H](C)[C@H](CN(C)Cc1ccccc1F)O2. The zero-order chi connectivity index (χ0) is 25.8. The summed E-state index contributed by atoms with van der Waals surface area (Å²) >= 11 is 0. The fraction of sp³-hybridized carbons (Fsp3) is 0.379. The van der Waals surface area contributed by atoms with Gasteiger partial charge in [-0.1, -0.05) is 49.4 Å². The van der Waals surface area contributed by atoms with Gasteiger partial charge in [-0.3, -0.25) is 9.69 Å². The second kappa shape index (κ2) is 11.2. The van der Waals surface area contributed by atoms with Gasteiger partial charge in [-0.05, 0) is 44.2 Å². The topological polar surface area (TPSA) is 65.9 Å². The van der Waals surface area contributed by atoms with Gasteiger partial charge in [0.25, 0.3) is 5.91 Å². The number of ether oxygens (including phenoxy) is 1. The average molecular weight is 492 g/mol. The van der Waals surface area contributed by atoms with Crippen LogP contribution in [0.25, 0.3) is 11.1 Å². The van der Waals surface area contributed by atoms with Crippen LogP contribution in [-0.2, 0) is 6.54 Å². The highest BCUT2D eigenvalue weighted by Gasteiger charge is 2.34. The Morgan fingerprint density at radius 1 is 1.19 bits per heavy atom. The van der Waals surface area contributed by atoms with Crippen molar-refractivity contribution in [2.45, 2.75) is 39.5 Å². The molecule has 3 aromatic rings. The lowest BCUT2D eigenvalue weighted by Crippen LogP contribution is -2.49. The molecule has 0 aliphatic carbocycles. The van der Waals surface area contributed by atoms with Crippen molar-refractivity contribution >= 4 is 5.91 Å². The molecule has 0 radical (unpaired) electrons. The number of halogens is 1. The molecule has 4 rings (SSSR count). The van der Waals surface area contributed by atoms with Crippen molar-refractivity contribution in [3.63, 3.8) is 0 Å². The second-order valence-electron chi connectivity index (χ2n) is 9.80. The molecule has 6 nitrogen and oxygen atoms in total. The first kappa shape index (κ1) is 25.8. The molecule has 1 N–H and O–H groups in total. The van der Waals surface area contributed by atoms with Gasteiger partial charge < -0.3 is 14.7 Å². The molecule has 0 bridgehead atoms. The Kier molecular flexibility index (Phi) is 8.01. The Morgan fingerprint density at radius 2 is 1.92 bits per heavy atom. The van der Waals surface area contributed by atoms with E-state index in [0.29, 0.717) is 30.8 Å². The predicted molar refractivity (Wildman–Crippen MR) is 138 cm³/mol. The molecule has 2 heterocycles. The van der Waals surface area contributed by atoms with Crippen LogP contribution < -0.4 is 4.74 Å². The van der Waals surface area contributed by atoms with Gasteiger partial charge in [0, 0.05) is 42.9 Å². The van der Waals surface area contributed by atoms with Crippen LogP contribution in [0.2, 0.25) is 0 Å². The first-order valence-electron chi connectivity index (χ1n) is 12.3. The smallest absolute Gasteiger partial charge is 0.259 e. The molecule has 1 amide bonds. The van der Waals surface area contributed by atoms with E-state index < -0.39 is 0 Å². The monoisotopic (exact) mass is 491 g/mol. The van der Waals surface area contributed by atoms with Crippen LogP contribution in [0.15, 0.2) is 60.8 Å². The van der Waals surface area contributed by atoms with Crippen molar-refractivity contribution in [3.05, 3.63) is 83.3 Å². The number of nitrogens with zero attached hydrogens (tertiary/aromatic N) is 3. The van der Waals surface area contributed by atoms with E-state index in [2.05, 4.69) is 4.98 Å². The fourth-order valence-electron chi connectivity index (χ4n) is 4.65. The lowest BCUT2D eigenvalue weighted by atomic mass is 9.98. The minimum atomic E-state index is -0.357. The molecule has 2 aromatic carbocycles.